The Morgan fingerprint density at radius 2 is 1.88 bits per heavy atom. The number of hydrogen-bond acceptors (Lipinski definition) is 5. The van der Waals surface area contributed by atoms with E-state index in [1.165, 1.54) is 23.1 Å². The molecule has 1 heterocycles. The third-order valence-electron chi connectivity index (χ3n) is 7.27. The van der Waals surface area contributed by atoms with Gasteiger partial charge in [-0.2, -0.15) is 0 Å². The first kappa shape index (κ1) is 20.9. The van der Waals surface area contributed by atoms with E-state index < -0.39 is 17.8 Å². The molecule has 0 bridgehead atoms. The second-order valence-corrected chi connectivity index (χ2v) is 9.26. The number of allylic oxidation sites excluding steroid dienone is 6. The SMILES string of the molecule is CCN1C(=O)C2CC=C3C(c4ccc(O)cc4Cl)C4=C(CC3C2C1=O)C(=O)C=C(C)C4=O. The van der Waals surface area contributed by atoms with E-state index in [9.17, 15) is 24.3 Å². The van der Waals surface area contributed by atoms with E-state index in [2.05, 4.69) is 0 Å². The van der Waals surface area contributed by atoms with Crippen molar-refractivity contribution >= 4 is 35.0 Å². The lowest BCUT2D eigenvalue weighted by Gasteiger charge is -2.42. The van der Waals surface area contributed by atoms with Gasteiger partial charge in [0.1, 0.15) is 5.75 Å². The number of aromatic hydroxyl groups is 1. The van der Waals surface area contributed by atoms with Gasteiger partial charge in [0, 0.05) is 34.2 Å². The molecule has 0 saturated carbocycles. The molecule has 164 valence electrons. The zero-order chi connectivity index (χ0) is 22.9. The highest BCUT2D eigenvalue weighted by atomic mass is 35.5. The summed E-state index contributed by atoms with van der Waals surface area (Å²) in [5, 5.41) is 10.1. The Morgan fingerprint density at radius 1 is 1.12 bits per heavy atom. The molecule has 4 unspecified atom stereocenters. The monoisotopic (exact) mass is 451 g/mol. The first-order valence-electron chi connectivity index (χ1n) is 10.8. The van der Waals surface area contributed by atoms with E-state index in [0.29, 0.717) is 35.2 Å². The van der Waals surface area contributed by atoms with E-state index in [1.807, 2.05) is 6.08 Å². The molecule has 1 fully saturated rings. The number of fused-ring (bicyclic) bond motifs is 3. The predicted octanol–water partition coefficient (Wildman–Crippen LogP) is 3.50. The van der Waals surface area contributed by atoms with Crippen LogP contribution in [0.4, 0.5) is 0 Å². The molecule has 1 aliphatic heterocycles. The number of nitrogens with zero attached hydrogens (tertiary/aromatic N) is 1. The van der Waals surface area contributed by atoms with Gasteiger partial charge in [-0.25, -0.2) is 0 Å². The molecule has 2 amide bonds. The third kappa shape index (κ3) is 2.78. The van der Waals surface area contributed by atoms with Crippen molar-refractivity contribution in [2.45, 2.75) is 32.6 Å². The molecule has 5 rings (SSSR count). The zero-order valence-electron chi connectivity index (χ0n) is 17.7. The van der Waals surface area contributed by atoms with Gasteiger partial charge in [-0.1, -0.05) is 29.3 Å². The molecule has 1 aromatic carbocycles. The lowest BCUT2D eigenvalue weighted by atomic mass is 9.59. The van der Waals surface area contributed by atoms with Crippen molar-refractivity contribution in [3.05, 3.63) is 63.2 Å². The van der Waals surface area contributed by atoms with Crippen LogP contribution in [0, 0.1) is 17.8 Å². The summed E-state index contributed by atoms with van der Waals surface area (Å²) in [6.45, 7) is 3.71. The number of benzene rings is 1. The largest absolute Gasteiger partial charge is 0.508 e. The van der Waals surface area contributed by atoms with Gasteiger partial charge in [0.15, 0.2) is 11.6 Å². The number of likely N-dealkylation sites (tertiary alicyclic amines) is 1. The van der Waals surface area contributed by atoms with Gasteiger partial charge in [-0.15, -0.1) is 0 Å². The van der Waals surface area contributed by atoms with Crippen LogP contribution < -0.4 is 0 Å². The summed E-state index contributed by atoms with van der Waals surface area (Å²) in [7, 11) is 0. The summed E-state index contributed by atoms with van der Waals surface area (Å²) in [5.74, 6) is -2.78. The summed E-state index contributed by atoms with van der Waals surface area (Å²) in [4.78, 5) is 53.6. The number of hydrogen-bond donors (Lipinski definition) is 1. The Balaban J connectivity index is 1.72. The van der Waals surface area contributed by atoms with E-state index in [0.717, 1.165) is 5.57 Å². The fourth-order valence-corrected chi connectivity index (χ4v) is 6.13. The first-order valence-corrected chi connectivity index (χ1v) is 11.2. The highest BCUT2D eigenvalue weighted by molar-refractivity contribution is 6.32. The van der Waals surface area contributed by atoms with Crippen LogP contribution in [0.1, 0.15) is 38.2 Å². The molecule has 0 aromatic heterocycles. The lowest BCUT2D eigenvalue weighted by molar-refractivity contribution is -0.139. The lowest BCUT2D eigenvalue weighted by Crippen LogP contribution is -2.39. The molecule has 1 N–H and O–H groups in total. The molecule has 4 atom stereocenters. The summed E-state index contributed by atoms with van der Waals surface area (Å²) in [6, 6.07) is 4.57. The molecule has 32 heavy (non-hydrogen) atoms. The van der Waals surface area contributed by atoms with Crippen molar-refractivity contribution in [2.75, 3.05) is 6.54 Å². The van der Waals surface area contributed by atoms with Crippen LogP contribution >= 0.6 is 11.6 Å². The highest BCUT2D eigenvalue weighted by Gasteiger charge is 2.56. The van der Waals surface area contributed by atoms with Crippen LogP contribution in [0.2, 0.25) is 5.02 Å². The summed E-state index contributed by atoms with van der Waals surface area (Å²) >= 11 is 6.50. The smallest absolute Gasteiger partial charge is 0.233 e. The Kier molecular flexibility index (Phi) is 4.75. The van der Waals surface area contributed by atoms with Crippen LogP contribution in [0.15, 0.2) is 52.6 Å². The van der Waals surface area contributed by atoms with Crippen molar-refractivity contribution in [2.24, 2.45) is 17.8 Å². The second-order valence-electron chi connectivity index (χ2n) is 8.86. The van der Waals surface area contributed by atoms with Crippen LogP contribution in [-0.2, 0) is 19.2 Å². The van der Waals surface area contributed by atoms with Crippen LogP contribution in [0.5, 0.6) is 5.75 Å². The predicted molar refractivity (Wildman–Crippen MR) is 117 cm³/mol. The second kappa shape index (κ2) is 7.27. The Morgan fingerprint density at radius 3 is 2.56 bits per heavy atom. The Bertz CT molecular complexity index is 1210. The molecule has 1 saturated heterocycles. The van der Waals surface area contributed by atoms with E-state index in [-0.39, 0.29) is 46.5 Å². The van der Waals surface area contributed by atoms with Crippen molar-refractivity contribution < 1.29 is 24.3 Å². The highest BCUT2D eigenvalue weighted by Crippen LogP contribution is 2.55. The van der Waals surface area contributed by atoms with Gasteiger partial charge in [0.2, 0.25) is 11.8 Å². The van der Waals surface area contributed by atoms with Crippen LogP contribution in [0.25, 0.3) is 0 Å². The molecule has 3 aliphatic carbocycles. The molecular formula is C25H22ClNO5. The molecule has 4 aliphatic rings. The van der Waals surface area contributed by atoms with Crippen LogP contribution in [-0.4, -0.2) is 39.9 Å². The molecule has 6 nitrogen and oxygen atoms in total. The normalized spacial score (nSPS) is 29.5. The van der Waals surface area contributed by atoms with Crippen molar-refractivity contribution in [1.82, 2.24) is 4.90 Å². The third-order valence-corrected chi connectivity index (χ3v) is 7.59. The minimum Gasteiger partial charge on any atom is -0.508 e. The minimum absolute atomic E-state index is 0.00437. The van der Waals surface area contributed by atoms with E-state index >= 15 is 0 Å². The molecule has 0 spiro atoms. The maximum Gasteiger partial charge on any atom is 0.233 e. The Labute approximate surface area is 190 Å². The fraction of sp³-hybridized carbons (Fsp3) is 0.360. The number of halogens is 1. The summed E-state index contributed by atoms with van der Waals surface area (Å²) in [6.07, 6.45) is 3.97. The van der Waals surface area contributed by atoms with Crippen LogP contribution in [0.3, 0.4) is 0 Å². The minimum atomic E-state index is -0.600. The number of phenols is 1. The van der Waals surface area contributed by atoms with Gasteiger partial charge in [-0.3, -0.25) is 24.1 Å². The van der Waals surface area contributed by atoms with Crippen molar-refractivity contribution in [1.29, 1.82) is 0 Å². The van der Waals surface area contributed by atoms with Gasteiger partial charge in [-0.05, 0) is 56.4 Å². The maximum atomic E-state index is 13.3. The topological polar surface area (TPSA) is 91.8 Å². The molecule has 0 radical (unpaired) electrons. The molecular weight excluding hydrogens is 430 g/mol. The molecule has 7 heteroatoms. The fourth-order valence-electron chi connectivity index (χ4n) is 5.84. The number of carbonyl (C=O) groups excluding carboxylic acids is 4. The van der Waals surface area contributed by atoms with Gasteiger partial charge in [0.25, 0.3) is 0 Å². The van der Waals surface area contributed by atoms with Gasteiger partial charge >= 0.3 is 0 Å². The Hall–Kier alpha value is -2.99. The number of phenolic OH excluding ortho intramolecular Hbond substituents is 1. The van der Waals surface area contributed by atoms with E-state index in [1.54, 1.807) is 19.9 Å². The number of Topliss-reactive ketones (excluding diaryl/α,β-unsaturated/α-hetero) is 1. The number of ketones is 2. The zero-order valence-corrected chi connectivity index (χ0v) is 18.5. The number of imide groups is 1. The standard InChI is InChI=1S/C25H22ClNO5/c1-3-27-24(31)15-7-6-13-16(21(15)25(27)32)10-17-19(29)8-11(2)23(30)22(17)20(13)14-5-4-12(28)9-18(14)26/h4-6,8-9,15-16,20-21,28H,3,7,10H2,1-2H3. The average molecular weight is 452 g/mol. The average Bonchev–Trinajstić information content (AvgIpc) is 3.00. The molecule has 1 aromatic rings. The summed E-state index contributed by atoms with van der Waals surface area (Å²) in [5.41, 5.74) is 2.62. The number of amides is 2. The van der Waals surface area contributed by atoms with Gasteiger partial charge < -0.3 is 5.11 Å². The quantitative estimate of drug-likeness (QED) is 0.422. The maximum absolute atomic E-state index is 13.3. The van der Waals surface area contributed by atoms with E-state index in [4.69, 9.17) is 11.6 Å². The van der Waals surface area contributed by atoms with Crippen molar-refractivity contribution in [3.8, 4) is 5.75 Å². The van der Waals surface area contributed by atoms with Crippen molar-refractivity contribution in [3.63, 3.8) is 0 Å². The summed E-state index contributed by atoms with van der Waals surface area (Å²) < 4.78 is 0. The number of rotatable bonds is 2. The van der Waals surface area contributed by atoms with Gasteiger partial charge in [0.05, 0.1) is 11.8 Å². The number of carbonyl (C=O) groups is 4. The first-order chi connectivity index (χ1) is 15.2.